The molecule has 1 amide bonds. The first-order valence-electron chi connectivity index (χ1n) is 6.76. The van der Waals surface area contributed by atoms with Crippen LogP contribution in [0.5, 0.6) is 0 Å². The van der Waals surface area contributed by atoms with Gasteiger partial charge in [-0.1, -0.05) is 11.2 Å². The molecule has 112 valence electrons. The molecule has 0 saturated carbocycles. The van der Waals surface area contributed by atoms with E-state index in [-0.39, 0.29) is 11.6 Å². The molecule has 3 heterocycles. The van der Waals surface area contributed by atoms with E-state index in [1.807, 2.05) is 18.2 Å². The number of rotatable bonds is 6. The highest BCUT2D eigenvalue weighted by molar-refractivity contribution is 5.92. The molecule has 0 aliphatic rings. The number of pyridine rings is 1. The largest absolute Gasteiger partial charge is 0.461 e. The van der Waals surface area contributed by atoms with Gasteiger partial charge in [-0.15, -0.1) is 0 Å². The Morgan fingerprint density at radius 2 is 2.09 bits per heavy atom. The van der Waals surface area contributed by atoms with Crippen molar-refractivity contribution >= 4 is 11.7 Å². The second kappa shape index (κ2) is 6.57. The summed E-state index contributed by atoms with van der Waals surface area (Å²) in [4.78, 5) is 16.1. The summed E-state index contributed by atoms with van der Waals surface area (Å²) in [5, 5.41) is 9.57. The van der Waals surface area contributed by atoms with Crippen LogP contribution in [-0.4, -0.2) is 29.1 Å². The summed E-state index contributed by atoms with van der Waals surface area (Å²) < 4.78 is 10.3. The van der Waals surface area contributed by atoms with Gasteiger partial charge in [-0.3, -0.25) is 4.79 Å². The number of hydrogen-bond acceptors (Lipinski definition) is 6. The molecule has 0 aliphatic carbocycles. The third kappa shape index (κ3) is 3.32. The number of anilines is 1. The van der Waals surface area contributed by atoms with Crippen molar-refractivity contribution < 1.29 is 13.7 Å². The number of furan rings is 1. The van der Waals surface area contributed by atoms with Gasteiger partial charge in [-0.25, -0.2) is 4.98 Å². The fraction of sp³-hybridized carbons (Fsp3) is 0.133. The van der Waals surface area contributed by atoms with E-state index in [9.17, 15) is 4.79 Å². The smallest absolute Gasteiger partial charge is 0.273 e. The van der Waals surface area contributed by atoms with Gasteiger partial charge in [-0.05, 0) is 24.3 Å². The van der Waals surface area contributed by atoms with Gasteiger partial charge in [0.15, 0.2) is 11.5 Å². The number of amides is 1. The third-order valence-corrected chi connectivity index (χ3v) is 2.89. The number of nitrogens with zero attached hydrogens (tertiary/aromatic N) is 2. The van der Waals surface area contributed by atoms with Gasteiger partial charge in [0.25, 0.3) is 5.91 Å². The molecule has 2 N–H and O–H groups in total. The van der Waals surface area contributed by atoms with E-state index in [1.54, 1.807) is 24.4 Å². The minimum atomic E-state index is -0.302. The molecule has 3 aromatic rings. The molecule has 0 aliphatic heterocycles. The average Bonchev–Trinajstić information content (AvgIpc) is 3.22. The molecule has 0 fully saturated rings. The topological polar surface area (TPSA) is 93.2 Å². The molecule has 0 unspecified atom stereocenters. The minimum Gasteiger partial charge on any atom is -0.461 e. The van der Waals surface area contributed by atoms with Crippen LogP contribution in [0.15, 0.2) is 57.8 Å². The van der Waals surface area contributed by atoms with Crippen molar-refractivity contribution in [3.63, 3.8) is 0 Å². The quantitative estimate of drug-likeness (QED) is 0.677. The lowest BCUT2D eigenvalue weighted by molar-refractivity contribution is 0.0946. The van der Waals surface area contributed by atoms with Crippen molar-refractivity contribution in [2.45, 2.75) is 0 Å². The molecule has 7 nitrogen and oxygen atoms in total. The van der Waals surface area contributed by atoms with Gasteiger partial charge in [0.05, 0.1) is 6.26 Å². The van der Waals surface area contributed by atoms with Gasteiger partial charge < -0.3 is 19.6 Å². The van der Waals surface area contributed by atoms with E-state index in [4.69, 9.17) is 8.94 Å². The molecule has 0 spiro atoms. The summed E-state index contributed by atoms with van der Waals surface area (Å²) in [7, 11) is 0. The summed E-state index contributed by atoms with van der Waals surface area (Å²) >= 11 is 0. The third-order valence-electron chi connectivity index (χ3n) is 2.89. The van der Waals surface area contributed by atoms with Crippen molar-refractivity contribution in [1.82, 2.24) is 15.5 Å². The van der Waals surface area contributed by atoms with Crippen molar-refractivity contribution in [3.8, 4) is 11.5 Å². The Hall–Kier alpha value is -3.09. The zero-order valence-electron chi connectivity index (χ0n) is 11.7. The zero-order valence-corrected chi connectivity index (χ0v) is 11.7. The number of carbonyl (C=O) groups is 1. The van der Waals surface area contributed by atoms with Crippen molar-refractivity contribution in [1.29, 1.82) is 0 Å². The molecule has 22 heavy (non-hydrogen) atoms. The van der Waals surface area contributed by atoms with Crippen LogP contribution in [0.3, 0.4) is 0 Å². The predicted octanol–water partition coefficient (Wildman–Crippen LogP) is 2.17. The lowest BCUT2D eigenvalue weighted by atomic mass is 10.3. The zero-order chi connectivity index (χ0) is 15.2. The lowest BCUT2D eigenvalue weighted by Crippen LogP contribution is -2.29. The van der Waals surface area contributed by atoms with E-state index in [1.165, 1.54) is 6.26 Å². The molecule has 3 aromatic heterocycles. The predicted molar refractivity (Wildman–Crippen MR) is 79.3 cm³/mol. The molecule has 3 rings (SSSR count). The van der Waals surface area contributed by atoms with Gasteiger partial charge >= 0.3 is 0 Å². The highest BCUT2D eigenvalue weighted by Gasteiger charge is 2.14. The first kappa shape index (κ1) is 13.9. The molecule has 0 saturated heterocycles. The van der Waals surface area contributed by atoms with E-state index in [2.05, 4.69) is 20.8 Å². The van der Waals surface area contributed by atoms with E-state index in [0.717, 1.165) is 5.82 Å². The van der Waals surface area contributed by atoms with Crippen LogP contribution in [0.1, 0.15) is 10.5 Å². The van der Waals surface area contributed by atoms with Crippen LogP contribution in [0, 0.1) is 0 Å². The van der Waals surface area contributed by atoms with Gasteiger partial charge in [-0.2, -0.15) is 0 Å². The van der Waals surface area contributed by atoms with Crippen LogP contribution in [0.4, 0.5) is 5.82 Å². The highest BCUT2D eigenvalue weighted by Crippen LogP contribution is 2.20. The Labute approximate surface area is 126 Å². The van der Waals surface area contributed by atoms with Crippen LogP contribution >= 0.6 is 0 Å². The van der Waals surface area contributed by atoms with Crippen molar-refractivity contribution in [2.75, 3.05) is 18.4 Å². The van der Waals surface area contributed by atoms with E-state index in [0.29, 0.717) is 24.6 Å². The first-order valence-corrected chi connectivity index (χ1v) is 6.76. The number of aromatic nitrogens is 2. The van der Waals surface area contributed by atoms with Crippen LogP contribution in [0.25, 0.3) is 11.5 Å². The van der Waals surface area contributed by atoms with Gasteiger partial charge in [0.1, 0.15) is 5.82 Å². The van der Waals surface area contributed by atoms with Crippen molar-refractivity contribution in [3.05, 3.63) is 54.6 Å². The molecule has 0 radical (unpaired) electrons. The monoisotopic (exact) mass is 298 g/mol. The molecule has 0 bridgehead atoms. The number of nitrogens with one attached hydrogen (secondary N) is 2. The fourth-order valence-corrected chi connectivity index (χ4v) is 1.84. The van der Waals surface area contributed by atoms with E-state index < -0.39 is 0 Å². The molecular weight excluding hydrogens is 284 g/mol. The second-order valence-corrected chi connectivity index (χ2v) is 4.45. The maximum absolute atomic E-state index is 11.9. The summed E-state index contributed by atoms with van der Waals surface area (Å²) in [5.41, 5.74) is 0.212. The number of hydrogen-bond donors (Lipinski definition) is 2. The molecule has 0 atom stereocenters. The van der Waals surface area contributed by atoms with Crippen LogP contribution in [0.2, 0.25) is 0 Å². The normalized spacial score (nSPS) is 10.4. The Kier molecular flexibility index (Phi) is 4.15. The minimum absolute atomic E-state index is 0.212. The highest BCUT2D eigenvalue weighted by atomic mass is 16.5. The molecule has 7 heteroatoms. The summed E-state index contributed by atoms with van der Waals surface area (Å²) in [6, 6.07) is 10.6. The maximum Gasteiger partial charge on any atom is 0.273 e. The Bertz CT molecular complexity index is 722. The Morgan fingerprint density at radius 3 is 2.86 bits per heavy atom. The number of carbonyl (C=O) groups excluding carboxylic acids is 1. The SMILES string of the molecule is O=C(NCCNc1ccccn1)c1cc(-c2ccco2)on1. The van der Waals surface area contributed by atoms with E-state index >= 15 is 0 Å². The maximum atomic E-state index is 11.9. The second-order valence-electron chi connectivity index (χ2n) is 4.45. The molecule has 0 aromatic carbocycles. The summed E-state index contributed by atoms with van der Waals surface area (Å²) in [6.07, 6.45) is 3.23. The lowest BCUT2D eigenvalue weighted by Gasteiger charge is -2.05. The fourth-order valence-electron chi connectivity index (χ4n) is 1.84. The average molecular weight is 298 g/mol. The standard InChI is InChI=1S/C15H14N4O3/c20-15(18-8-7-17-14-5-1-2-6-16-14)11-10-13(22-19-11)12-4-3-9-21-12/h1-6,9-10H,7-8H2,(H,16,17)(H,18,20). The van der Waals surface area contributed by atoms with Crippen molar-refractivity contribution in [2.24, 2.45) is 0 Å². The first-order chi connectivity index (χ1) is 10.8. The van der Waals surface area contributed by atoms with Gasteiger partial charge in [0.2, 0.25) is 5.76 Å². The van der Waals surface area contributed by atoms with Crippen LogP contribution in [-0.2, 0) is 0 Å². The summed E-state index contributed by atoms with van der Waals surface area (Å²) in [6.45, 7) is 1.00. The summed E-state index contributed by atoms with van der Waals surface area (Å²) in [5.74, 6) is 1.41. The van der Waals surface area contributed by atoms with Gasteiger partial charge in [0, 0.05) is 25.4 Å². The molecular formula is C15H14N4O3. The van der Waals surface area contributed by atoms with Crippen LogP contribution < -0.4 is 10.6 Å². The Morgan fingerprint density at radius 1 is 1.14 bits per heavy atom. The Balaban J connectivity index is 1.48.